The molecule has 0 spiro atoms. The molecule has 2 amide bonds. The Labute approximate surface area is 245 Å². The number of unbranched alkanes of at least 4 members (excludes halogenated alkanes) is 1. The Kier molecular flexibility index (Phi) is 11.2. The third-order valence-electron chi connectivity index (χ3n) is 6.12. The van der Waals surface area contributed by atoms with Crippen molar-refractivity contribution in [3.05, 3.63) is 88.4 Å². The largest absolute Gasteiger partial charge is 0.457 e. The molecule has 8 nitrogen and oxygen atoms in total. The van der Waals surface area contributed by atoms with E-state index in [-0.39, 0.29) is 18.1 Å². The van der Waals surface area contributed by atoms with Crippen LogP contribution < -0.4 is 14.4 Å². The highest BCUT2D eigenvalue weighted by Crippen LogP contribution is 2.27. The molecule has 214 valence electrons. The number of anilines is 1. The first-order chi connectivity index (χ1) is 19.0. The minimum absolute atomic E-state index is 0.0273. The van der Waals surface area contributed by atoms with Gasteiger partial charge in [-0.25, -0.2) is 8.42 Å². The highest BCUT2D eigenvalue weighted by Gasteiger charge is 2.30. The fourth-order valence-electron chi connectivity index (χ4n) is 3.87. The predicted molar refractivity (Wildman–Crippen MR) is 160 cm³/mol. The average Bonchev–Trinajstić information content (AvgIpc) is 2.92. The Morgan fingerprint density at radius 3 is 2.20 bits per heavy atom. The normalized spacial score (nSPS) is 11.9. The van der Waals surface area contributed by atoms with E-state index in [1.807, 2.05) is 25.1 Å². The van der Waals surface area contributed by atoms with E-state index in [0.29, 0.717) is 33.7 Å². The summed E-state index contributed by atoms with van der Waals surface area (Å²) in [6.45, 7) is 3.61. The molecule has 0 unspecified atom stereocenters. The number of nitrogens with one attached hydrogen (secondary N) is 1. The number of ether oxygens (including phenoxy) is 1. The number of sulfonamides is 1. The Morgan fingerprint density at radius 2 is 1.60 bits per heavy atom. The van der Waals surface area contributed by atoms with E-state index in [4.69, 9.17) is 27.9 Å². The molecule has 3 rings (SSSR count). The second-order valence-electron chi connectivity index (χ2n) is 9.27. The maximum Gasteiger partial charge on any atom is 0.244 e. The standard InChI is InChI=1S/C29H33Cl2N3O5S/c1-4-5-17-32-29(36)21(2)33(19-22-11-16-26(30)27(31)18-22)28(35)20-34(40(3,37)38)23-12-14-25(15-13-23)39-24-9-7-6-8-10-24/h6-16,18,21H,4-5,17,19-20H2,1-3H3,(H,32,36)/t21-/m0/s1. The summed E-state index contributed by atoms with van der Waals surface area (Å²) in [6.07, 6.45) is 2.73. The third kappa shape index (κ3) is 8.87. The molecule has 0 aliphatic rings. The molecule has 0 bridgehead atoms. The van der Waals surface area contributed by atoms with E-state index in [1.165, 1.54) is 4.90 Å². The molecular formula is C29H33Cl2N3O5S. The van der Waals surface area contributed by atoms with E-state index in [9.17, 15) is 18.0 Å². The van der Waals surface area contributed by atoms with Crippen LogP contribution in [-0.4, -0.2) is 50.5 Å². The molecule has 1 atom stereocenters. The quantitative estimate of drug-likeness (QED) is 0.245. The molecule has 1 N–H and O–H groups in total. The van der Waals surface area contributed by atoms with Crippen LogP contribution in [0.25, 0.3) is 0 Å². The molecule has 0 aliphatic heterocycles. The number of hydrogen-bond donors (Lipinski definition) is 1. The first kappa shape index (κ1) is 31.3. The van der Waals surface area contributed by atoms with Gasteiger partial charge in [0.05, 0.1) is 22.0 Å². The van der Waals surface area contributed by atoms with Crippen molar-refractivity contribution in [1.82, 2.24) is 10.2 Å². The zero-order chi connectivity index (χ0) is 29.3. The number of rotatable bonds is 13. The van der Waals surface area contributed by atoms with Crippen molar-refractivity contribution in [2.45, 2.75) is 39.3 Å². The van der Waals surface area contributed by atoms with Crippen LogP contribution in [-0.2, 0) is 26.2 Å². The Bertz CT molecular complexity index is 1400. The second-order valence-corrected chi connectivity index (χ2v) is 12.0. The molecule has 3 aromatic rings. The van der Waals surface area contributed by atoms with E-state index in [1.54, 1.807) is 61.5 Å². The van der Waals surface area contributed by atoms with Gasteiger partial charge in [-0.1, -0.05) is 60.8 Å². The van der Waals surface area contributed by atoms with E-state index in [0.717, 1.165) is 23.4 Å². The number of benzene rings is 3. The van der Waals surface area contributed by atoms with Crippen LogP contribution >= 0.6 is 23.2 Å². The topological polar surface area (TPSA) is 96.0 Å². The molecule has 0 radical (unpaired) electrons. The lowest BCUT2D eigenvalue weighted by atomic mass is 10.1. The van der Waals surface area contributed by atoms with Crippen molar-refractivity contribution in [3.8, 4) is 11.5 Å². The van der Waals surface area contributed by atoms with Crippen molar-refractivity contribution >= 4 is 50.7 Å². The number of nitrogens with zero attached hydrogens (tertiary/aromatic N) is 2. The number of para-hydroxylation sites is 1. The molecule has 3 aromatic carbocycles. The van der Waals surface area contributed by atoms with Crippen molar-refractivity contribution in [2.24, 2.45) is 0 Å². The number of carbonyl (C=O) groups excluding carboxylic acids is 2. The van der Waals surface area contributed by atoms with Crippen LogP contribution in [0.2, 0.25) is 10.0 Å². The van der Waals surface area contributed by atoms with Gasteiger partial charge in [-0.05, 0) is 67.4 Å². The van der Waals surface area contributed by atoms with Crippen LogP contribution in [0.3, 0.4) is 0 Å². The Hall–Kier alpha value is -3.27. The summed E-state index contributed by atoms with van der Waals surface area (Å²) >= 11 is 12.2. The molecule has 0 aliphatic carbocycles. The molecule has 0 saturated carbocycles. The fourth-order valence-corrected chi connectivity index (χ4v) is 5.04. The monoisotopic (exact) mass is 605 g/mol. The first-order valence-corrected chi connectivity index (χ1v) is 15.4. The Morgan fingerprint density at radius 1 is 0.950 bits per heavy atom. The molecule has 0 fully saturated rings. The zero-order valence-electron chi connectivity index (χ0n) is 22.6. The van der Waals surface area contributed by atoms with Gasteiger partial charge in [0.15, 0.2) is 0 Å². The maximum atomic E-state index is 13.7. The molecule has 40 heavy (non-hydrogen) atoms. The van der Waals surface area contributed by atoms with E-state index >= 15 is 0 Å². The summed E-state index contributed by atoms with van der Waals surface area (Å²) in [6, 6.07) is 19.6. The highest BCUT2D eigenvalue weighted by molar-refractivity contribution is 7.92. The number of amides is 2. The number of halogens is 2. The van der Waals surface area contributed by atoms with Gasteiger partial charge in [0.1, 0.15) is 24.1 Å². The van der Waals surface area contributed by atoms with Crippen molar-refractivity contribution < 1.29 is 22.7 Å². The number of carbonyl (C=O) groups is 2. The minimum Gasteiger partial charge on any atom is -0.457 e. The van der Waals surface area contributed by atoms with Gasteiger partial charge in [-0.2, -0.15) is 0 Å². The number of hydrogen-bond acceptors (Lipinski definition) is 5. The van der Waals surface area contributed by atoms with Gasteiger partial charge in [-0.15, -0.1) is 0 Å². The van der Waals surface area contributed by atoms with Gasteiger partial charge in [0.25, 0.3) is 0 Å². The summed E-state index contributed by atoms with van der Waals surface area (Å²) in [5.41, 5.74) is 0.926. The molecule has 0 aromatic heterocycles. The van der Waals surface area contributed by atoms with Gasteiger partial charge in [0.2, 0.25) is 21.8 Å². The molecule has 0 saturated heterocycles. The average molecular weight is 607 g/mol. The summed E-state index contributed by atoms with van der Waals surface area (Å²) in [4.78, 5) is 27.9. The minimum atomic E-state index is -3.86. The van der Waals surface area contributed by atoms with Gasteiger partial charge >= 0.3 is 0 Å². The van der Waals surface area contributed by atoms with Crippen molar-refractivity contribution in [2.75, 3.05) is 23.7 Å². The summed E-state index contributed by atoms with van der Waals surface area (Å²) in [7, 11) is -3.86. The summed E-state index contributed by atoms with van der Waals surface area (Å²) < 4.78 is 32.4. The third-order valence-corrected chi connectivity index (χ3v) is 8.00. The molecule has 11 heteroatoms. The van der Waals surface area contributed by atoms with E-state index in [2.05, 4.69) is 5.32 Å². The molecule has 0 heterocycles. The zero-order valence-corrected chi connectivity index (χ0v) is 25.0. The SMILES string of the molecule is CCCCNC(=O)[C@H](C)N(Cc1ccc(Cl)c(Cl)c1)C(=O)CN(c1ccc(Oc2ccccc2)cc1)S(C)(=O)=O. The van der Waals surface area contributed by atoms with Crippen LogP contribution in [0.5, 0.6) is 11.5 Å². The smallest absolute Gasteiger partial charge is 0.244 e. The van der Waals surface area contributed by atoms with E-state index < -0.39 is 28.5 Å². The predicted octanol–water partition coefficient (Wildman–Crippen LogP) is 5.89. The van der Waals surface area contributed by atoms with Crippen molar-refractivity contribution in [3.63, 3.8) is 0 Å². The van der Waals surface area contributed by atoms with Gasteiger partial charge in [0, 0.05) is 13.1 Å². The maximum absolute atomic E-state index is 13.7. The van der Waals surface area contributed by atoms with Crippen LogP contribution in [0.15, 0.2) is 72.8 Å². The van der Waals surface area contributed by atoms with Gasteiger partial charge < -0.3 is 15.0 Å². The lowest BCUT2D eigenvalue weighted by Gasteiger charge is -2.31. The highest BCUT2D eigenvalue weighted by atomic mass is 35.5. The lowest BCUT2D eigenvalue weighted by Crippen LogP contribution is -2.51. The summed E-state index contributed by atoms with van der Waals surface area (Å²) in [5.74, 6) is 0.248. The van der Waals surface area contributed by atoms with Crippen LogP contribution in [0, 0.1) is 0 Å². The lowest BCUT2D eigenvalue weighted by molar-refractivity contribution is -0.139. The first-order valence-electron chi connectivity index (χ1n) is 12.8. The summed E-state index contributed by atoms with van der Waals surface area (Å²) in [5, 5.41) is 3.51. The van der Waals surface area contributed by atoms with Crippen LogP contribution in [0.1, 0.15) is 32.3 Å². The Balaban J connectivity index is 1.85. The molecular weight excluding hydrogens is 573 g/mol. The van der Waals surface area contributed by atoms with Gasteiger partial charge in [-0.3, -0.25) is 13.9 Å². The van der Waals surface area contributed by atoms with Crippen molar-refractivity contribution in [1.29, 1.82) is 0 Å². The fraction of sp³-hybridized carbons (Fsp3) is 0.310. The second kappa shape index (κ2) is 14.4. The van der Waals surface area contributed by atoms with Crippen LogP contribution in [0.4, 0.5) is 5.69 Å².